The molecule has 0 spiro atoms. The Kier molecular flexibility index (Phi) is 15.8. The third-order valence-electron chi connectivity index (χ3n) is 4.52. The van der Waals surface area contributed by atoms with Crippen molar-refractivity contribution in [1.82, 2.24) is 0 Å². The summed E-state index contributed by atoms with van der Waals surface area (Å²) in [5, 5.41) is 27.3. The van der Waals surface area contributed by atoms with Gasteiger partial charge in [-0.25, -0.2) is 0 Å². The lowest BCUT2D eigenvalue weighted by atomic mass is 9.94. The fourth-order valence-electron chi connectivity index (χ4n) is 2.98. The monoisotopic (exact) mass is 330 g/mol. The molecule has 2 atom stereocenters. The number of hydrogen-bond acceptors (Lipinski definition) is 3. The maximum atomic E-state index is 11.1. The van der Waals surface area contributed by atoms with E-state index >= 15 is 0 Å². The van der Waals surface area contributed by atoms with Gasteiger partial charge in [-0.2, -0.15) is 0 Å². The molecule has 0 saturated heterocycles. The number of carboxylic acid groups (broad SMARTS) is 1. The highest BCUT2D eigenvalue weighted by atomic mass is 16.4. The molecule has 4 heteroatoms. The Morgan fingerprint density at radius 3 is 1.65 bits per heavy atom. The van der Waals surface area contributed by atoms with Crippen molar-refractivity contribution < 1.29 is 20.1 Å². The summed E-state index contributed by atoms with van der Waals surface area (Å²) in [7, 11) is 0. The third-order valence-corrected chi connectivity index (χ3v) is 4.52. The largest absolute Gasteiger partial charge is 0.481 e. The molecule has 0 aliphatic heterocycles. The molecule has 0 heterocycles. The van der Waals surface area contributed by atoms with Crippen LogP contribution in [0.25, 0.3) is 0 Å². The second-order valence-corrected chi connectivity index (χ2v) is 6.79. The van der Waals surface area contributed by atoms with Crippen molar-refractivity contribution in [3.63, 3.8) is 0 Å². The summed E-state index contributed by atoms with van der Waals surface area (Å²) in [6, 6.07) is 0. The van der Waals surface area contributed by atoms with Crippen LogP contribution in [0.3, 0.4) is 0 Å². The third kappa shape index (κ3) is 14.7. The second-order valence-electron chi connectivity index (χ2n) is 6.79. The van der Waals surface area contributed by atoms with Gasteiger partial charge in [0, 0.05) is 0 Å². The van der Waals surface area contributed by atoms with Crippen molar-refractivity contribution >= 4 is 5.97 Å². The molecule has 0 bridgehead atoms. The number of carboxylic acids is 1. The molecule has 0 radical (unpaired) electrons. The van der Waals surface area contributed by atoms with Crippen LogP contribution in [0.2, 0.25) is 0 Å². The van der Waals surface area contributed by atoms with E-state index in [2.05, 4.69) is 6.92 Å². The molecule has 0 rings (SSSR count). The number of aliphatic carboxylic acids is 1. The van der Waals surface area contributed by atoms with Crippen LogP contribution < -0.4 is 0 Å². The van der Waals surface area contributed by atoms with Crippen molar-refractivity contribution in [3.8, 4) is 0 Å². The molecular formula is C19H38O4. The zero-order valence-corrected chi connectivity index (χ0v) is 15.0. The summed E-state index contributed by atoms with van der Waals surface area (Å²) in [5.74, 6) is -1.39. The molecule has 23 heavy (non-hydrogen) atoms. The normalized spacial score (nSPS) is 13.9. The van der Waals surface area contributed by atoms with Crippen LogP contribution in [0.15, 0.2) is 0 Å². The minimum absolute atomic E-state index is 0.157. The van der Waals surface area contributed by atoms with E-state index < -0.39 is 18.0 Å². The lowest BCUT2D eigenvalue weighted by molar-refractivity contribution is -0.143. The molecule has 0 amide bonds. The zero-order valence-electron chi connectivity index (χ0n) is 15.0. The summed E-state index contributed by atoms with van der Waals surface area (Å²) in [6.45, 7) is 1.88. The van der Waals surface area contributed by atoms with Gasteiger partial charge in [-0.1, -0.05) is 84.0 Å². The van der Waals surface area contributed by atoms with E-state index in [4.69, 9.17) is 10.2 Å². The van der Waals surface area contributed by atoms with Crippen LogP contribution in [-0.4, -0.2) is 34.0 Å². The van der Waals surface area contributed by atoms with E-state index in [-0.39, 0.29) is 13.0 Å². The molecular weight excluding hydrogens is 292 g/mol. The van der Waals surface area contributed by atoms with E-state index in [1.807, 2.05) is 0 Å². The summed E-state index contributed by atoms with van der Waals surface area (Å²) in [6.07, 6.45) is 15.0. The lowest BCUT2D eigenvalue weighted by Gasteiger charge is -2.15. The summed E-state index contributed by atoms with van der Waals surface area (Å²) in [5.41, 5.74) is 0. The van der Waals surface area contributed by atoms with Crippen LogP contribution in [0.4, 0.5) is 0 Å². The molecule has 0 aromatic heterocycles. The maximum absolute atomic E-state index is 11.1. The highest BCUT2D eigenvalue weighted by Gasteiger charge is 2.20. The molecule has 0 aromatic carbocycles. The van der Waals surface area contributed by atoms with Gasteiger partial charge in [-0.3, -0.25) is 4.79 Å². The van der Waals surface area contributed by atoms with Crippen molar-refractivity contribution in [2.75, 3.05) is 6.61 Å². The van der Waals surface area contributed by atoms with Gasteiger partial charge in [0.2, 0.25) is 0 Å². The van der Waals surface area contributed by atoms with Crippen LogP contribution in [0.1, 0.15) is 96.8 Å². The van der Waals surface area contributed by atoms with Gasteiger partial charge in [0.25, 0.3) is 0 Å². The summed E-state index contributed by atoms with van der Waals surface area (Å²) >= 11 is 0. The average molecular weight is 331 g/mol. The van der Waals surface area contributed by atoms with Crippen molar-refractivity contribution in [1.29, 1.82) is 0 Å². The molecule has 0 saturated carbocycles. The first-order valence-electron chi connectivity index (χ1n) is 9.63. The Morgan fingerprint density at radius 1 is 0.826 bits per heavy atom. The average Bonchev–Trinajstić information content (AvgIpc) is 2.54. The number of aliphatic hydroxyl groups is 2. The highest BCUT2D eigenvalue weighted by Crippen LogP contribution is 2.18. The van der Waals surface area contributed by atoms with Crippen molar-refractivity contribution in [3.05, 3.63) is 0 Å². The fourth-order valence-corrected chi connectivity index (χ4v) is 2.98. The summed E-state index contributed by atoms with van der Waals surface area (Å²) in [4.78, 5) is 11.1. The Labute approximate surface area is 142 Å². The van der Waals surface area contributed by atoms with E-state index in [0.29, 0.717) is 6.42 Å². The quantitative estimate of drug-likeness (QED) is 0.343. The topological polar surface area (TPSA) is 77.8 Å². The van der Waals surface area contributed by atoms with Gasteiger partial charge in [-0.05, 0) is 12.8 Å². The smallest absolute Gasteiger partial charge is 0.306 e. The number of hydrogen-bond donors (Lipinski definition) is 3. The Balaban J connectivity index is 3.41. The van der Waals surface area contributed by atoms with Crippen LogP contribution in [0.5, 0.6) is 0 Å². The minimum Gasteiger partial charge on any atom is -0.481 e. The molecule has 0 aliphatic rings. The van der Waals surface area contributed by atoms with Gasteiger partial charge in [0.05, 0.1) is 18.6 Å². The SMILES string of the molecule is CCCCCCCCCCCCCCC(CC(O)CO)C(=O)O. The van der Waals surface area contributed by atoms with Crippen molar-refractivity contribution in [2.24, 2.45) is 5.92 Å². The molecule has 138 valence electrons. The van der Waals surface area contributed by atoms with Crippen molar-refractivity contribution in [2.45, 2.75) is 103 Å². The molecule has 0 fully saturated rings. The number of unbranched alkanes of at least 4 members (excludes halogenated alkanes) is 11. The Hall–Kier alpha value is -0.610. The van der Waals surface area contributed by atoms with Crippen LogP contribution >= 0.6 is 0 Å². The minimum atomic E-state index is -0.909. The standard InChI is InChI=1S/C19H38O4/c1-2-3-4-5-6-7-8-9-10-11-12-13-14-17(19(22)23)15-18(21)16-20/h17-18,20-21H,2-16H2,1H3,(H,22,23). The summed E-state index contributed by atoms with van der Waals surface area (Å²) < 4.78 is 0. The van der Waals surface area contributed by atoms with E-state index in [9.17, 15) is 9.90 Å². The maximum Gasteiger partial charge on any atom is 0.306 e. The Morgan fingerprint density at radius 2 is 1.26 bits per heavy atom. The highest BCUT2D eigenvalue weighted by molar-refractivity contribution is 5.69. The molecule has 3 N–H and O–H groups in total. The van der Waals surface area contributed by atoms with Crippen LogP contribution in [-0.2, 0) is 4.79 Å². The van der Waals surface area contributed by atoms with Gasteiger partial charge < -0.3 is 15.3 Å². The van der Waals surface area contributed by atoms with E-state index in [0.717, 1.165) is 12.8 Å². The zero-order chi connectivity index (χ0) is 17.3. The van der Waals surface area contributed by atoms with Gasteiger partial charge in [0.1, 0.15) is 0 Å². The fraction of sp³-hybridized carbons (Fsp3) is 0.947. The second kappa shape index (κ2) is 16.3. The number of aliphatic hydroxyl groups excluding tert-OH is 2. The first kappa shape index (κ1) is 22.4. The van der Waals surface area contributed by atoms with Gasteiger partial charge >= 0.3 is 5.97 Å². The van der Waals surface area contributed by atoms with Gasteiger partial charge in [0.15, 0.2) is 0 Å². The first-order valence-corrected chi connectivity index (χ1v) is 9.63. The van der Waals surface area contributed by atoms with E-state index in [1.54, 1.807) is 0 Å². The molecule has 0 aliphatic carbocycles. The molecule has 4 nitrogen and oxygen atoms in total. The predicted molar refractivity (Wildman–Crippen MR) is 94.5 cm³/mol. The van der Waals surface area contributed by atoms with Gasteiger partial charge in [-0.15, -0.1) is 0 Å². The Bertz CT molecular complexity index is 268. The predicted octanol–water partition coefficient (Wildman–Crippen LogP) is 4.52. The number of rotatable bonds is 17. The molecule has 2 unspecified atom stereocenters. The molecule has 0 aromatic rings. The van der Waals surface area contributed by atoms with E-state index in [1.165, 1.54) is 64.2 Å². The first-order chi connectivity index (χ1) is 11.1. The number of carbonyl (C=O) groups is 1. The lowest BCUT2D eigenvalue weighted by Crippen LogP contribution is -2.23. The van der Waals surface area contributed by atoms with Crippen LogP contribution in [0, 0.1) is 5.92 Å².